The van der Waals surface area contributed by atoms with Gasteiger partial charge in [0.05, 0.1) is 31.5 Å². The van der Waals surface area contributed by atoms with Crippen LogP contribution in [-0.4, -0.2) is 113 Å². The lowest BCUT2D eigenvalue weighted by Gasteiger charge is -2.29. The number of aliphatic hydroxyl groups excluding tert-OH is 1. The van der Waals surface area contributed by atoms with Crippen LogP contribution in [0.3, 0.4) is 0 Å². The molecule has 68 heavy (non-hydrogen) atoms. The quantitative estimate of drug-likeness (QED) is 0.0649. The molecule has 3 aliphatic heterocycles. The van der Waals surface area contributed by atoms with E-state index in [0.29, 0.717) is 93.5 Å². The Morgan fingerprint density at radius 3 is 2.46 bits per heavy atom. The van der Waals surface area contributed by atoms with Crippen molar-refractivity contribution in [2.24, 2.45) is 7.05 Å². The van der Waals surface area contributed by atoms with E-state index in [1.807, 2.05) is 18.2 Å². The number of nitrogens with zero attached hydrogens (tertiary/aromatic N) is 5. The number of benzene rings is 3. The van der Waals surface area contributed by atoms with Crippen LogP contribution in [0.25, 0.3) is 16.5 Å². The number of piperidine rings is 1. The molecule has 0 bridgehead atoms. The molecule has 0 saturated carbocycles. The van der Waals surface area contributed by atoms with Gasteiger partial charge in [-0.25, -0.2) is 4.98 Å². The highest BCUT2D eigenvalue weighted by Crippen LogP contribution is 2.32. The number of aryl methyl sites for hydroxylation is 2. The van der Waals surface area contributed by atoms with Crippen LogP contribution >= 0.6 is 11.6 Å². The number of hydrogen-bond acceptors (Lipinski definition) is 14. The second-order valence-corrected chi connectivity index (χ2v) is 16.9. The fraction of sp³-hybridized carbons (Fsp3) is 0.380. The first-order valence-electron chi connectivity index (χ1n) is 22.7. The SMILES string of the molecule is CCC(=O)COc1cc2cc(Nc3nc(N4CC=C(c5ccc(C)cc5)CC4)ncc3Cl)ccc2n(C)c1=O.O=C1CCC(N2Cc3cc(OCCOCCOCCCO)ccc3C2=O)C(=O)N1. The summed E-state index contributed by atoms with van der Waals surface area (Å²) in [5.41, 5.74) is 6.36. The Labute approximate surface area is 399 Å². The van der Waals surface area contributed by atoms with Crippen molar-refractivity contribution in [2.75, 3.05) is 69.6 Å². The Morgan fingerprint density at radius 2 is 1.72 bits per heavy atom. The average Bonchev–Trinajstić information content (AvgIpc) is 3.67. The maximum absolute atomic E-state index is 12.7. The highest BCUT2D eigenvalue weighted by atomic mass is 35.5. The maximum atomic E-state index is 12.7. The third-order valence-electron chi connectivity index (χ3n) is 11.7. The van der Waals surface area contributed by atoms with E-state index in [0.717, 1.165) is 35.1 Å². The second-order valence-electron chi connectivity index (χ2n) is 16.5. The summed E-state index contributed by atoms with van der Waals surface area (Å²) >= 11 is 6.46. The molecule has 3 amide bonds. The molecule has 1 unspecified atom stereocenters. The van der Waals surface area contributed by atoms with Crippen molar-refractivity contribution in [1.29, 1.82) is 0 Å². The minimum absolute atomic E-state index is 0.0719. The summed E-state index contributed by atoms with van der Waals surface area (Å²) in [6, 6.07) is 20.5. The van der Waals surface area contributed by atoms with Gasteiger partial charge >= 0.3 is 0 Å². The fourth-order valence-corrected chi connectivity index (χ4v) is 8.00. The molecule has 3 aromatic carbocycles. The predicted molar refractivity (Wildman–Crippen MR) is 258 cm³/mol. The number of carbonyl (C=O) groups excluding carboxylic acids is 4. The van der Waals surface area contributed by atoms with Crippen LogP contribution in [0.5, 0.6) is 11.5 Å². The first kappa shape index (κ1) is 49.3. The molecule has 358 valence electrons. The number of aliphatic hydroxyl groups is 1. The standard InChI is InChI=1S/C30H30ClN5O3.C20H26N2O7/c1-4-24(37)18-39-27-16-22-15-23(9-10-26(22)35(3)29(27)38)33-28-25(31)17-32-30(34-28)36-13-11-21(12-14-36)20-7-5-19(2)6-8-20;23-6-1-7-27-8-9-28-10-11-29-15-2-3-16-14(12-15)13-22(20(16)26)17-4-5-18(24)21-19(17)25/h5-11,15-17H,4,12-14,18H2,1-3H3,(H,32,33,34);2-3,12,17,23H,1,4-11,13H2,(H,21,24,25). The third-order valence-corrected chi connectivity index (χ3v) is 12.0. The van der Waals surface area contributed by atoms with Crippen molar-refractivity contribution in [3.05, 3.63) is 117 Å². The van der Waals surface area contributed by atoms with Crippen LogP contribution in [0, 0.1) is 6.92 Å². The number of pyridine rings is 1. The van der Waals surface area contributed by atoms with Crippen LogP contribution in [0.15, 0.2) is 83.8 Å². The molecular formula is C50H56ClN7O10. The lowest BCUT2D eigenvalue weighted by molar-refractivity contribution is -0.137. The van der Waals surface area contributed by atoms with Crippen LogP contribution in [-0.2, 0) is 37.4 Å². The summed E-state index contributed by atoms with van der Waals surface area (Å²) in [6.45, 7) is 7.86. The Kier molecular flexibility index (Phi) is 16.9. The van der Waals surface area contributed by atoms with E-state index in [1.54, 1.807) is 44.4 Å². The average molecular weight is 950 g/mol. The zero-order valence-electron chi connectivity index (χ0n) is 38.4. The molecule has 3 N–H and O–H groups in total. The van der Waals surface area contributed by atoms with E-state index >= 15 is 0 Å². The Bertz CT molecular complexity index is 2730. The van der Waals surface area contributed by atoms with E-state index in [9.17, 15) is 24.0 Å². The summed E-state index contributed by atoms with van der Waals surface area (Å²) in [4.78, 5) is 73.2. The molecule has 0 aliphatic carbocycles. The van der Waals surface area contributed by atoms with Crippen LogP contribution in [0.2, 0.25) is 5.02 Å². The Hall–Kier alpha value is -6.66. The predicted octanol–water partition coefficient (Wildman–Crippen LogP) is 5.93. The van der Waals surface area contributed by atoms with E-state index < -0.39 is 11.9 Å². The zero-order valence-corrected chi connectivity index (χ0v) is 39.2. The van der Waals surface area contributed by atoms with E-state index in [4.69, 9.17) is 40.6 Å². The van der Waals surface area contributed by atoms with Crippen molar-refractivity contribution in [3.63, 3.8) is 0 Å². The molecule has 1 fully saturated rings. The zero-order chi connectivity index (χ0) is 48.2. The Balaban J connectivity index is 0.000000211. The van der Waals surface area contributed by atoms with E-state index in [-0.39, 0.29) is 48.5 Å². The maximum Gasteiger partial charge on any atom is 0.293 e. The minimum atomic E-state index is -0.620. The van der Waals surface area contributed by atoms with Gasteiger partial charge in [0.2, 0.25) is 17.8 Å². The van der Waals surface area contributed by atoms with Gasteiger partial charge in [-0.3, -0.25) is 29.3 Å². The topological polar surface area (TPSA) is 204 Å². The van der Waals surface area contributed by atoms with Gasteiger partial charge in [-0.2, -0.15) is 4.98 Å². The van der Waals surface area contributed by atoms with Gasteiger partial charge in [0.25, 0.3) is 11.5 Å². The van der Waals surface area contributed by atoms with Crippen LogP contribution < -0.4 is 30.6 Å². The summed E-state index contributed by atoms with van der Waals surface area (Å²) in [5, 5.41) is 15.4. The molecule has 5 heterocycles. The van der Waals surface area contributed by atoms with E-state index in [1.165, 1.54) is 26.2 Å². The number of nitrogens with one attached hydrogen (secondary N) is 2. The largest absolute Gasteiger partial charge is 0.491 e. The van der Waals surface area contributed by atoms with E-state index in [2.05, 4.69) is 57.8 Å². The first-order valence-corrected chi connectivity index (χ1v) is 23.1. The van der Waals surface area contributed by atoms with Crippen molar-refractivity contribution in [3.8, 4) is 11.5 Å². The number of hydrogen-bond donors (Lipinski definition) is 3. The highest BCUT2D eigenvalue weighted by molar-refractivity contribution is 6.33. The number of fused-ring (bicyclic) bond motifs is 2. The molecule has 17 nitrogen and oxygen atoms in total. The van der Waals surface area contributed by atoms with Gasteiger partial charge < -0.3 is 43.7 Å². The summed E-state index contributed by atoms with van der Waals surface area (Å²) in [7, 11) is 1.68. The fourth-order valence-electron chi connectivity index (χ4n) is 7.86. The summed E-state index contributed by atoms with van der Waals surface area (Å²) in [5.74, 6) is 0.855. The molecule has 1 atom stereocenters. The van der Waals surface area contributed by atoms with Gasteiger partial charge in [-0.15, -0.1) is 0 Å². The Morgan fingerprint density at radius 1 is 0.941 bits per heavy atom. The highest BCUT2D eigenvalue weighted by Gasteiger charge is 2.39. The van der Waals surface area contributed by atoms with Crippen molar-refractivity contribution < 1.29 is 43.2 Å². The molecule has 18 heteroatoms. The number of ketones is 1. The number of aromatic nitrogens is 3. The number of carbonyl (C=O) groups is 4. The lowest BCUT2D eigenvalue weighted by atomic mass is 9.99. The number of Topliss-reactive ketones (excluding diaryl/α,β-unsaturated/α-hetero) is 1. The summed E-state index contributed by atoms with van der Waals surface area (Å²) in [6.07, 6.45) is 6.27. The van der Waals surface area contributed by atoms with Gasteiger partial charge in [0, 0.05) is 69.4 Å². The molecule has 2 aromatic heterocycles. The summed E-state index contributed by atoms with van der Waals surface area (Å²) < 4.78 is 23.4. The van der Waals surface area contributed by atoms with Crippen molar-refractivity contribution in [2.45, 2.75) is 58.5 Å². The molecule has 5 aromatic rings. The van der Waals surface area contributed by atoms with Gasteiger partial charge in [-0.05, 0) is 85.4 Å². The number of anilines is 3. The van der Waals surface area contributed by atoms with Crippen LogP contribution in [0.1, 0.15) is 66.1 Å². The normalized spacial score (nSPS) is 15.6. The number of imide groups is 1. The molecule has 0 spiro atoms. The first-order chi connectivity index (χ1) is 32.9. The number of ether oxygens (including phenoxy) is 4. The number of halogens is 1. The van der Waals surface area contributed by atoms with Crippen molar-refractivity contribution in [1.82, 2.24) is 24.8 Å². The van der Waals surface area contributed by atoms with Gasteiger partial charge in [0.15, 0.2) is 17.4 Å². The monoisotopic (exact) mass is 949 g/mol. The second kappa shape index (κ2) is 23.4. The third kappa shape index (κ3) is 12.5. The van der Waals surface area contributed by atoms with Gasteiger partial charge in [0.1, 0.15) is 30.0 Å². The molecule has 8 rings (SSSR count). The minimum Gasteiger partial charge on any atom is -0.491 e. The number of amides is 3. The molecule has 1 saturated heterocycles. The van der Waals surface area contributed by atoms with Gasteiger partial charge in [-0.1, -0.05) is 54.4 Å². The smallest absolute Gasteiger partial charge is 0.293 e. The van der Waals surface area contributed by atoms with Crippen molar-refractivity contribution >= 4 is 69.0 Å². The molecule has 0 radical (unpaired) electrons. The molecule has 3 aliphatic rings. The lowest BCUT2D eigenvalue weighted by Crippen LogP contribution is -2.52. The molecular weight excluding hydrogens is 894 g/mol. The van der Waals surface area contributed by atoms with Crippen LogP contribution in [0.4, 0.5) is 17.5 Å². The number of rotatable bonds is 19.